The minimum Gasteiger partial charge on any atom is -0.326 e. The van der Waals surface area contributed by atoms with Crippen molar-refractivity contribution >= 4 is 17.3 Å². The third kappa shape index (κ3) is 4.35. The smallest absolute Gasteiger partial charge is 0.221 e. The number of nitrogens with one attached hydrogen (secondary N) is 1. The van der Waals surface area contributed by atoms with Crippen LogP contribution >= 0.6 is 0 Å². The number of carbonyl (C=O) groups is 1. The normalized spacial score (nSPS) is 10.6. The SMILES string of the molecule is CC(=O)Nc1ccc(CN=Nc2ccccc2)cc1. The van der Waals surface area contributed by atoms with Gasteiger partial charge in [-0.3, -0.25) is 4.79 Å². The number of rotatable bonds is 4. The van der Waals surface area contributed by atoms with Crippen molar-refractivity contribution in [1.29, 1.82) is 0 Å². The monoisotopic (exact) mass is 253 g/mol. The molecule has 0 saturated heterocycles. The van der Waals surface area contributed by atoms with Crippen molar-refractivity contribution in [3.8, 4) is 0 Å². The Balaban J connectivity index is 1.93. The first kappa shape index (κ1) is 13.0. The van der Waals surface area contributed by atoms with E-state index >= 15 is 0 Å². The van der Waals surface area contributed by atoms with Gasteiger partial charge in [0.15, 0.2) is 0 Å². The Morgan fingerprint density at radius 1 is 1.05 bits per heavy atom. The Morgan fingerprint density at radius 3 is 2.37 bits per heavy atom. The average Bonchev–Trinajstić information content (AvgIpc) is 2.41. The van der Waals surface area contributed by atoms with Crippen LogP contribution < -0.4 is 5.32 Å². The molecule has 1 N–H and O–H groups in total. The molecule has 0 aliphatic carbocycles. The molecular formula is C15H15N3O. The Hall–Kier alpha value is -2.49. The lowest BCUT2D eigenvalue weighted by atomic mass is 10.2. The molecule has 0 unspecified atom stereocenters. The first-order chi connectivity index (χ1) is 9.24. The number of hydrogen-bond donors (Lipinski definition) is 1. The van der Waals surface area contributed by atoms with Crippen LogP contribution in [-0.4, -0.2) is 5.91 Å². The second-order valence-corrected chi connectivity index (χ2v) is 4.11. The Labute approximate surface area is 112 Å². The number of amides is 1. The van der Waals surface area contributed by atoms with E-state index < -0.39 is 0 Å². The zero-order chi connectivity index (χ0) is 13.5. The van der Waals surface area contributed by atoms with Gasteiger partial charge in [-0.1, -0.05) is 30.3 Å². The molecule has 96 valence electrons. The highest BCUT2D eigenvalue weighted by Crippen LogP contribution is 2.13. The summed E-state index contributed by atoms with van der Waals surface area (Å²) in [5.41, 5.74) is 2.68. The van der Waals surface area contributed by atoms with Crippen LogP contribution in [0.4, 0.5) is 11.4 Å². The predicted molar refractivity (Wildman–Crippen MR) is 75.4 cm³/mol. The molecular weight excluding hydrogens is 238 g/mol. The maximum atomic E-state index is 10.9. The summed E-state index contributed by atoms with van der Waals surface area (Å²) in [6.45, 7) is 2.01. The minimum absolute atomic E-state index is 0.0727. The molecule has 4 nitrogen and oxygen atoms in total. The van der Waals surface area contributed by atoms with E-state index in [-0.39, 0.29) is 5.91 Å². The second-order valence-electron chi connectivity index (χ2n) is 4.11. The van der Waals surface area contributed by atoms with Crippen molar-refractivity contribution in [3.63, 3.8) is 0 Å². The van der Waals surface area contributed by atoms with E-state index in [1.165, 1.54) is 6.92 Å². The molecule has 0 fully saturated rings. The van der Waals surface area contributed by atoms with Crippen molar-refractivity contribution in [3.05, 3.63) is 60.2 Å². The van der Waals surface area contributed by atoms with Gasteiger partial charge in [0.25, 0.3) is 0 Å². The van der Waals surface area contributed by atoms with Crippen LogP contribution in [0.3, 0.4) is 0 Å². The summed E-state index contributed by atoms with van der Waals surface area (Å²) in [5.74, 6) is -0.0727. The number of nitrogens with zero attached hydrogens (tertiary/aromatic N) is 2. The Bertz CT molecular complexity index is 562. The molecule has 2 aromatic carbocycles. The fourth-order valence-corrected chi connectivity index (χ4v) is 1.59. The van der Waals surface area contributed by atoms with E-state index in [0.717, 1.165) is 16.9 Å². The van der Waals surface area contributed by atoms with E-state index in [4.69, 9.17) is 0 Å². The lowest BCUT2D eigenvalue weighted by Gasteiger charge is -2.02. The predicted octanol–water partition coefficient (Wildman–Crippen LogP) is 3.93. The molecule has 0 saturated carbocycles. The molecule has 1 amide bonds. The summed E-state index contributed by atoms with van der Waals surface area (Å²) in [5, 5.41) is 11.0. The second kappa shape index (κ2) is 6.44. The third-order valence-electron chi connectivity index (χ3n) is 2.47. The third-order valence-corrected chi connectivity index (χ3v) is 2.47. The van der Waals surface area contributed by atoms with Gasteiger partial charge in [-0.2, -0.15) is 10.2 Å². The molecule has 2 aromatic rings. The van der Waals surface area contributed by atoms with Crippen LogP contribution in [-0.2, 0) is 11.3 Å². The summed E-state index contributed by atoms with van der Waals surface area (Å²) in [6, 6.07) is 17.2. The van der Waals surface area contributed by atoms with Crippen molar-refractivity contribution in [2.24, 2.45) is 10.2 Å². The van der Waals surface area contributed by atoms with E-state index in [0.29, 0.717) is 6.54 Å². The largest absolute Gasteiger partial charge is 0.326 e. The lowest BCUT2D eigenvalue weighted by Crippen LogP contribution is -2.05. The van der Waals surface area contributed by atoms with Crippen LogP contribution in [0, 0.1) is 0 Å². The topological polar surface area (TPSA) is 53.8 Å². The van der Waals surface area contributed by atoms with Gasteiger partial charge in [0.2, 0.25) is 5.91 Å². The van der Waals surface area contributed by atoms with Crippen molar-refractivity contribution in [2.75, 3.05) is 5.32 Å². The van der Waals surface area contributed by atoms with Crippen LogP contribution in [0.1, 0.15) is 12.5 Å². The summed E-state index contributed by atoms with van der Waals surface area (Å²) >= 11 is 0. The number of anilines is 1. The molecule has 0 radical (unpaired) electrons. The van der Waals surface area contributed by atoms with Crippen LogP contribution in [0.2, 0.25) is 0 Å². The van der Waals surface area contributed by atoms with Gasteiger partial charge in [0.1, 0.15) is 0 Å². The molecule has 0 atom stereocenters. The van der Waals surface area contributed by atoms with Gasteiger partial charge in [-0.25, -0.2) is 0 Å². The highest BCUT2D eigenvalue weighted by atomic mass is 16.1. The molecule has 0 aromatic heterocycles. The summed E-state index contributed by atoms with van der Waals surface area (Å²) in [7, 11) is 0. The maximum absolute atomic E-state index is 10.9. The molecule has 0 bridgehead atoms. The number of carbonyl (C=O) groups excluding carboxylic acids is 1. The van der Waals surface area contributed by atoms with Crippen LogP contribution in [0.5, 0.6) is 0 Å². The van der Waals surface area contributed by atoms with Crippen molar-refractivity contribution in [2.45, 2.75) is 13.5 Å². The first-order valence-electron chi connectivity index (χ1n) is 6.03. The van der Waals surface area contributed by atoms with Crippen molar-refractivity contribution in [1.82, 2.24) is 0 Å². The Morgan fingerprint density at radius 2 is 1.74 bits per heavy atom. The van der Waals surface area contributed by atoms with Crippen LogP contribution in [0.25, 0.3) is 0 Å². The quantitative estimate of drug-likeness (QED) is 0.825. The zero-order valence-electron chi connectivity index (χ0n) is 10.7. The van der Waals surface area contributed by atoms with Gasteiger partial charge in [-0.05, 0) is 29.8 Å². The summed E-state index contributed by atoms with van der Waals surface area (Å²) < 4.78 is 0. The van der Waals surface area contributed by atoms with Crippen LogP contribution in [0.15, 0.2) is 64.8 Å². The molecule has 0 heterocycles. The number of benzene rings is 2. The van der Waals surface area contributed by atoms with E-state index in [9.17, 15) is 4.79 Å². The van der Waals surface area contributed by atoms with Gasteiger partial charge in [-0.15, -0.1) is 0 Å². The molecule has 2 rings (SSSR count). The fourth-order valence-electron chi connectivity index (χ4n) is 1.59. The van der Waals surface area contributed by atoms with E-state index in [1.807, 2.05) is 54.6 Å². The molecule has 19 heavy (non-hydrogen) atoms. The standard InChI is InChI=1S/C15H15N3O/c1-12(19)17-14-9-7-13(8-10-14)11-16-18-15-5-3-2-4-6-15/h2-10H,11H2,1H3,(H,17,19). The molecule has 4 heteroatoms. The van der Waals surface area contributed by atoms with Gasteiger partial charge in [0.05, 0.1) is 12.2 Å². The molecule has 0 aliphatic rings. The number of azo groups is 1. The van der Waals surface area contributed by atoms with Gasteiger partial charge < -0.3 is 5.32 Å². The van der Waals surface area contributed by atoms with E-state index in [1.54, 1.807) is 0 Å². The first-order valence-corrected chi connectivity index (χ1v) is 6.03. The number of hydrogen-bond acceptors (Lipinski definition) is 3. The van der Waals surface area contributed by atoms with Crippen molar-refractivity contribution < 1.29 is 4.79 Å². The maximum Gasteiger partial charge on any atom is 0.221 e. The van der Waals surface area contributed by atoms with E-state index in [2.05, 4.69) is 15.5 Å². The fraction of sp³-hybridized carbons (Fsp3) is 0.133. The minimum atomic E-state index is -0.0727. The zero-order valence-corrected chi connectivity index (χ0v) is 10.7. The average molecular weight is 253 g/mol. The van der Waals surface area contributed by atoms with Gasteiger partial charge in [0, 0.05) is 12.6 Å². The summed E-state index contributed by atoms with van der Waals surface area (Å²) in [4.78, 5) is 10.9. The van der Waals surface area contributed by atoms with Gasteiger partial charge >= 0.3 is 0 Å². The highest BCUT2D eigenvalue weighted by Gasteiger charge is 1.96. The lowest BCUT2D eigenvalue weighted by molar-refractivity contribution is -0.114. The molecule has 0 aliphatic heterocycles. The summed E-state index contributed by atoms with van der Waals surface area (Å²) in [6.07, 6.45) is 0. The highest BCUT2D eigenvalue weighted by molar-refractivity contribution is 5.88. The Kier molecular flexibility index (Phi) is 4.39. The molecule has 0 spiro atoms.